The molecule has 1 aromatic carbocycles. The predicted molar refractivity (Wildman–Crippen MR) is 67.3 cm³/mol. The molecule has 0 amide bonds. The normalized spacial score (nSPS) is 11.8. The number of imidazole rings is 1. The summed E-state index contributed by atoms with van der Waals surface area (Å²) in [4.78, 5) is 8.42. The average molecular weight is 230 g/mol. The van der Waals surface area contributed by atoms with E-state index < -0.39 is 0 Å². The van der Waals surface area contributed by atoms with Gasteiger partial charge in [-0.25, -0.2) is 9.98 Å². The van der Waals surface area contributed by atoms with E-state index in [4.69, 9.17) is 5.73 Å². The zero-order valence-electron chi connectivity index (χ0n) is 9.75. The van der Waals surface area contributed by atoms with Gasteiger partial charge in [0.15, 0.2) is 0 Å². The van der Waals surface area contributed by atoms with Crippen LogP contribution >= 0.6 is 0 Å². The number of aromatic nitrogens is 2. The molecule has 2 rings (SSSR count). The Morgan fingerprint density at radius 2 is 2.12 bits per heavy atom. The summed E-state index contributed by atoms with van der Waals surface area (Å²) in [5.74, 6) is 1.16. The van der Waals surface area contributed by atoms with Crippen LogP contribution in [0.3, 0.4) is 0 Å². The molecule has 0 aliphatic heterocycles. The van der Waals surface area contributed by atoms with Crippen molar-refractivity contribution >= 4 is 11.8 Å². The van der Waals surface area contributed by atoms with E-state index in [9.17, 15) is 5.11 Å². The first-order valence-corrected chi connectivity index (χ1v) is 5.20. The number of amidine groups is 1. The molecule has 0 saturated heterocycles. The van der Waals surface area contributed by atoms with E-state index in [-0.39, 0.29) is 5.75 Å². The fraction of sp³-hybridized carbons (Fsp3) is 0.167. The minimum Gasteiger partial charge on any atom is -0.507 e. The zero-order chi connectivity index (χ0) is 12.4. The van der Waals surface area contributed by atoms with Crippen molar-refractivity contribution in [2.75, 3.05) is 0 Å². The summed E-state index contributed by atoms with van der Waals surface area (Å²) in [5.41, 5.74) is 6.87. The number of aromatic hydroxyl groups is 1. The molecule has 1 heterocycles. The Bertz CT molecular complexity index is 568. The summed E-state index contributed by atoms with van der Waals surface area (Å²) in [6.45, 7) is 1.70. The molecule has 0 saturated carbocycles. The lowest BCUT2D eigenvalue weighted by atomic mass is 10.1. The highest BCUT2D eigenvalue weighted by atomic mass is 16.3. The zero-order valence-corrected chi connectivity index (χ0v) is 9.75. The summed E-state index contributed by atoms with van der Waals surface area (Å²) in [5, 5.41) is 9.74. The molecule has 5 nitrogen and oxygen atoms in total. The van der Waals surface area contributed by atoms with E-state index in [1.54, 1.807) is 35.9 Å². The Morgan fingerprint density at radius 1 is 1.41 bits per heavy atom. The quantitative estimate of drug-likeness (QED) is 0.610. The third kappa shape index (κ3) is 2.28. The maximum absolute atomic E-state index is 9.74. The summed E-state index contributed by atoms with van der Waals surface area (Å²) >= 11 is 0. The first-order valence-electron chi connectivity index (χ1n) is 5.20. The molecule has 88 valence electrons. The highest BCUT2D eigenvalue weighted by molar-refractivity contribution is 5.80. The van der Waals surface area contributed by atoms with Crippen molar-refractivity contribution in [1.82, 2.24) is 9.55 Å². The fourth-order valence-corrected chi connectivity index (χ4v) is 1.54. The maximum atomic E-state index is 9.74. The lowest BCUT2D eigenvalue weighted by Gasteiger charge is -1.98. The molecule has 0 unspecified atom stereocenters. The monoisotopic (exact) mass is 230 g/mol. The van der Waals surface area contributed by atoms with Crippen molar-refractivity contribution in [3.05, 3.63) is 30.5 Å². The molecule has 1 aromatic heterocycles. The Morgan fingerprint density at radius 3 is 2.76 bits per heavy atom. The van der Waals surface area contributed by atoms with Crippen LogP contribution in [-0.2, 0) is 7.05 Å². The molecular formula is C12H14N4O. The van der Waals surface area contributed by atoms with Gasteiger partial charge in [0.1, 0.15) is 5.75 Å². The third-order valence-electron chi connectivity index (χ3n) is 2.31. The van der Waals surface area contributed by atoms with Gasteiger partial charge in [-0.15, -0.1) is 0 Å². The SMILES string of the molecule is CC(N)=Nc1nc(-c2ccccc2O)cn1C. The van der Waals surface area contributed by atoms with E-state index in [1.165, 1.54) is 0 Å². The van der Waals surface area contributed by atoms with Crippen LogP contribution in [0.2, 0.25) is 0 Å². The van der Waals surface area contributed by atoms with Gasteiger partial charge >= 0.3 is 0 Å². The first kappa shape index (κ1) is 11.2. The molecule has 3 N–H and O–H groups in total. The van der Waals surface area contributed by atoms with Gasteiger partial charge in [-0.1, -0.05) is 12.1 Å². The molecule has 0 aliphatic carbocycles. The number of nitrogens with zero attached hydrogens (tertiary/aromatic N) is 3. The van der Waals surface area contributed by atoms with Crippen molar-refractivity contribution in [3.63, 3.8) is 0 Å². The minimum atomic E-state index is 0.200. The Labute approximate surface area is 99.3 Å². The van der Waals surface area contributed by atoms with Gasteiger partial charge in [0.05, 0.1) is 11.5 Å². The van der Waals surface area contributed by atoms with Gasteiger partial charge in [-0.05, 0) is 19.1 Å². The number of hydrogen-bond acceptors (Lipinski definition) is 3. The second-order valence-corrected chi connectivity index (χ2v) is 3.81. The van der Waals surface area contributed by atoms with Gasteiger partial charge < -0.3 is 15.4 Å². The summed E-state index contributed by atoms with van der Waals surface area (Å²) in [6, 6.07) is 7.05. The summed E-state index contributed by atoms with van der Waals surface area (Å²) < 4.78 is 1.76. The Hall–Kier alpha value is -2.30. The highest BCUT2D eigenvalue weighted by Gasteiger charge is 2.09. The van der Waals surface area contributed by atoms with Crippen LogP contribution in [0.5, 0.6) is 5.75 Å². The molecule has 0 atom stereocenters. The van der Waals surface area contributed by atoms with Crippen molar-refractivity contribution in [3.8, 4) is 17.0 Å². The number of phenols is 1. The second kappa shape index (κ2) is 4.29. The van der Waals surface area contributed by atoms with Crippen molar-refractivity contribution < 1.29 is 5.11 Å². The molecule has 5 heteroatoms. The number of para-hydroxylation sites is 1. The van der Waals surface area contributed by atoms with E-state index in [0.717, 1.165) is 0 Å². The van der Waals surface area contributed by atoms with E-state index in [1.807, 2.05) is 13.1 Å². The van der Waals surface area contributed by atoms with Crippen LogP contribution < -0.4 is 5.73 Å². The number of phenolic OH excluding ortho intramolecular Hbond substituents is 1. The first-order chi connectivity index (χ1) is 8.08. The van der Waals surface area contributed by atoms with Gasteiger partial charge in [0.25, 0.3) is 0 Å². The summed E-state index contributed by atoms with van der Waals surface area (Å²) in [7, 11) is 1.83. The van der Waals surface area contributed by atoms with E-state index in [0.29, 0.717) is 23.0 Å². The third-order valence-corrected chi connectivity index (χ3v) is 2.31. The average Bonchev–Trinajstić information content (AvgIpc) is 2.60. The van der Waals surface area contributed by atoms with Crippen molar-refractivity contribution in [2.24, 2.45) is 17.8 Å². The number of hydrogen-bond donors (Lipinski definition) is 2. The Balaban J connectivity index is 2.49. The van der Waals surface area contributed by atoms with Crippen LogP contribution in [0.25, 0.3) is 11.3 Å². The van der Waals surface area contributed by atoms with Crippen LogP contribution in [0.15, 0.2) is 35.5 Å². The molecule has 0 spiro atoms. The highest BCUT2D eigenvalue weighted by Crippen LogP contribution is 2.29. The van der Waals surface area contributed by atoms with Crippen LogP contribution in [0.1, 0.15) is 6.92 Å². The number of benzene rings is 1. The second-order valence-electron chi connectivity index (χ2n) is 3.81. The van der Waals surface area contributed by atoms with Crippen LogP contribution in [0.4, 0.5) is 5.95 Å². The van der Waals surface area contributed by atoms with Gasteiger partial charge in [-0.2, -0.15) is 0 Å². The largest absolute Gasteiger partial charge is 0.507 e. The molecule has 2 aromatic rings. The standard InChI is InChI=1S/C12H14N4O/c1-8(13)14-12-15-10(7-16(12)2)9-5-3-4-6-11(9)17/h3-7,17H,1-2H3,(H2,13,14,15). The van der Waals surface area contributed by atoms with Gasteiger partial charge in [0.2, 0.25) is 5.95 Å². The molecule has 0 radical (unpaired) electrons. The van der Waals surface area contributed by atoms with Crippen LogP contribution in [0, 0.1) is 0 Å². The molecule has 0 bridgehead atoms. The van der Waals surface area contributed by atoms with Crippen molar-refractivity contribution in [2.45, 2.75) is 6.92 Å². The van der Waals surface area contributed by atoms with Gasteiger partial charge in [0, 0.05) is 18.8 Å². The smallest absolute Gasteiger partial charge is 0.231 e. The maximum Gasteiger partial charge on any atom is 0.231 e. The van der Waals surface area contributed by atoms with Gasteiger partial charge in [-0.3, -0.25) is 0 Å². The predicted octanol–water partition coefficient (Wildman–Crippen LogP) is 1.80. The molecule has 0 fully saturated rings. The lowest BCUT2D eigenvalue weighted by molar-refractivity contribution is 0.477. The molecule has 0 aliphatic rings. The number of nitrogens with two attached hydrogens (primary N) is 1. The Kier molecular flexibility index (Phi) is 2.82. The lowest BCUT2D eigenvalue weighted by Crippen LogP contribution is -2.04. The number of aryl methyl sites for hydroxylation is 1. The number of rotatable bonds is 2. The molecule has 17 heavy (non-hydrogen) atoms. The number of aliphatic imine (C=N–C) groups is 1. The van der Waals surface area contributed by atoms with E-state index >= 15 is 0 Å². The minimum absolute atomic E-state index is 0.200. The van der Waals surface area contributed by atoms with Crippen molar-refractivity contribution in [1.29, 1.82) is 0 Å². The summed E-state index contributed by atoms with van der Waals surface area (Å²) in [6.07, 6.45) is 1.80. The molecular weight excluding hydrogens is 216 g/mol. The van der Waals surface area contributed by atoms with E-state index in [2.05, 4.69) is 9.98 Å². The fourth-order valence-electron chi connectivity index (χ4n) is 1.54. The van der Waals surface area contributed by atoms with Crippen LogP contribution in [-0.4, -0.2) is 20.5 Å². The topological polar surface area (TPSA) is 76.4 Å².